The molecule has 52 valence electrons. The molecule has 0 aliphatic rings. The maximum atomic E-state index is 8.99. The lowest BCUT2D eigenvalue weighted by molar-refractivity contribution is 0.204. The molecule has 1 N–H and O–H groups in total. The average Bonchev–Trinajstić information content (AvgIpc) is 2.34. The van der Waals surface area contributed by atoms with Crippen LogP contribution in [-0.4, -0.2) is 5.11 Å². The van der Waals surface area contributed by atoms with Gasteiger partial charge in [-0.2, -0.15) is 0 Å². The van der Waals surface area contributed by atoms with Gasteiger partial charge in [0.15, 0.2) is 10.8 Å². The lowest BCUT2D eigenvalue weighted by Crippen LogP contribution is -1.88. The first kappa shape index (κ1) is 7.39. The van der Waals surface area contributed by atoms with Gasteiger partial charge in [0.1, 0.15) is 5.76 Å². The Hall–Kier alpha value is -0.720. The van der Waals surface area contributed by atoms with Crippen LogP contribution in [0.4, 0.5) is 0 Å². The summed E-state index contributed by atoms with van der Waals surface area (Å²) in [7, 11) is 0. The third-order valence-electron chi connectivity index (χ3n) is 1.02. The number of rotatable bonds is 1. The number of terminal acetylenes is 1. The number of hydrogen-bond donors (Lipinski definition) is 1. The predicted octanol–water partition coefficient (Wildman–Crippen LogP) is 1.71. The lowest BCUT2D eigenvalue weighted by Gasteiger charge is -1.94. The van der Waals surface area contributed by atoms with E-state index in [2.05, 4.69) is 21.9 Å². The second-order valence-electron chi connectivity index (χ2n) is 1.71. The Balaban J connectivity index is 2.87. The summed E-state index contributed by atoms with van der Waals surface area (Å²) in [5.74, 6) is 2.52. The normalized spacial score (nSPS) is 12.5. The Bertz CT molecular complexity index is 259. The monoisotopic (exact) mass is 200 g/mol. The fourth-order valence-corrected chi connectivity index (χ4v) is 0.876. The van der Waals surface area contributed by atoms with Crippen molar-refractivity contribution in [1.29, 1.82) is 0 Å². The van der Waals surface area contributed by atoms with E-state index in [-0.39, 0.29) is 0 Å². The fraction of sp³-hybridized carbons (Fsp3) is 0.143. The largest absolute Gasteiger partial charge is 0.451 e. The molecule has 0 spiro atoms. The summed E-state index contributed by atoms with van der Waals surface area (Å²) in [6.07, 6.45) is 4.00. The molecular weight excluding hydrogens is 196 g/mol. The van der Waals surface area contributed by atoms with Crippen LogP contribution in [0.15, 0.2) is 21.2 Å². The predicted molar refractivity (Wildman–Crippen MR) is 40.2 cm³/mol. The van der Waals surface area contributed by atoms with Gasteiger partial charge in [0, 0.05) is 0 Å². The van der Waals surface area contributed by atoms with Crippen LogP contribution in [-0.2, 0) is 0 Å². The highest BCUT2D eigenvalue weighted by molar-refractivity contribution is 9.10. The maximum absolute atomic E-state index is 8.99. The van der Waals surface area contributed by atoms with Crippen molar-refractivity contribution < 1.29 is 9.52 Å². The molecule has 0 saturated carbocycles. The van der Waals surface area contributed by atoms with Crippen molar-refractivity contribution in [3.8, 4) is 12.3 Å². The number of aliphatic hydroxyl groups excluding tert-OH is 1. The minimum Gasteiger partial charge on any atom is -0.451 e. The Morgan fingerprint density at radius 3 is 2.80 bits per heavy atom. The molecular formula is C7H5BrO2. The third-order valence-corrected chi connectivity index (χ3v) is 1.45. The van der Waals surface area contributed by atoms with Crippen molar-refractivity contribution in [2.24, 2.45) is 0 Å². The number of furan rings is 1. The second kappa shape index (κ2) is 2.91. The molecule has 0 amide bonds. The smallest absolute Gasteiger partial charge is 0.172 e. The van der Waals surface area contributed by atoms with E-state index >= 15 is 0 Å². The molecule has 0 aliphatic heterocycles. The number of hydrogen-bond acceptors (Lipinski definition) is 2. The van der Waals surface area contributed by atoms with Crippen molar-refractivity contribution in [1.82, 2.24) is 0 Å². The van der Waals surface area contributed by atoms with Crippen molar-refractivity contribution >= 4 is 15.9 Å². The molecule has 0 radical (unpaired) electrons. The zero-order valence-electron chi connectivity index (χ0n) is 5.04. The van der Waals surface area contributed by atoms with Crippen LogP contribution in [0.2, 0.25) is 0 Å². The molecule has 10 heavy (non-hydrogen) atoms. The van der Waals surface area contributed by atoms with Crippen molar-refractivity contribution in [3.63, 3.8) is 0 Å². The van der Waals surface area contributed by atoms with Gasteiger partial charge < -0.3 is 9.52 Å². The first-order valence-corrected chi connectivity index (χ1v) is 3.43. The van der Waals surface area contributed by atoms with Gasteiger partial charge in [-0.05, 0) is 28.1 Å². The quantitative estimate of drug-likeness (QED) is 0.701. The minimum absolute atomic E-state index is 0.384. The molecule has 0 bridgehead atoms. The van der Waals surface area contributed by atoms with Gasteiger partial charge in [0.25, 0.3) is 0 Å². The van der Waals surface area contributed by atoms with Crippen molar-refractivity contribution in [3.05, 3.63) is 22.6 Å². The highest BCUT2D eigenvalue weighted by Crippen LogP contribution is 2.19. The summed E-state index contributed by atoms with van der Waals surface area (Å²) >= 11 is 3.08. The molecule has 0 aromatic carbocycles. The van der Waals surface area contributed by atoms with Gasteiger partial charge in [0.05, 0.1) is 0 Å². The molecule has 1 heterocycles. The van der Waals surface area contributed by atoms with E-state index in [0.29, 0.717) is 10.4 Å². The molecule has 2 nitrogen and oxygen atoms in total. The van der Waals surface area contributed by atoms with E-state index in [4.69, 9.17) is 15.9 Å². The van der Waals surface area contributed by atoms with Crippen LogP contribution in [0, 0.1) is 12.3 Å². The topological polar surface area (TPSA) is 33.4 Å². The van der Waals surface area contributed by atoms with E-state index < -0.39 is 6.10 Å². The van der Waals surface area contributed by atoms with E-state index in [1.807, 2.05) is 0 Å². The number of halogens is 1. The highest BCUT2D eigenvalue weighted by atomic mass is 79.9. The van der Waals surface area contributed by atoms with E-state index in [9.17, 15) is 0 Å². The molecule has 1 atom stereocenters. The average molecular weight is 201 g/mol. The van der Waals surface area contributed by atoms with Crippen molar-refractivity contribution in [2.45, 2.75) is 6.10 Å². The van der Waals surface area contributed by atoms with Gasteiger partial charge in [-0.25, -0.2) is 0 Å². The van der Waals surface area contributed by atoms with Crippen LogP contribution in [0.3, 0.4) is 0 Å². The first-order chi connectivity index (χ1) is 4.74. The summed E-state index contributed by atoms with van der Waals surface area (Å²) in [6.45, 7) is 0. The van der Waals surface area contributed by atoms with Gasteiger partial charge in [-0.15, -0.1) is 6.42 Å². The Kier molecular flexibility index (Phi) is 2.15. The summed E-state index contributed by atoms with van der Waals surface area (Å²) in [4.78, 5) is 0. The van der Waals surface area contributed by atoms with Gasteiger partial charge in [-0.1, -0.05) is 5.92 Å². The molecule has 0 aliphatic carbocycles. The molecule has 0 fully saturated rings. The molecule has 1 rings (SSSR count). The number of aliphatic hydroxyl groups is 1. The zero-order chi connectivity index (χ0) is 7.56. The SMILES string of the molecule is C#CC(O)c1ccc(Br)o1. The van der Waals surface area contributed by atoms with E-state index in [1.54, 1.807) is 12.1 Å². The van der Waals surface area contributed by atoms with Crippen LogP contribution in [0.25, 0.3) is 0 Å². The Labute approximate surface area is 67.0 Å². The maximum Gasteiger partial charge on any atom is 0.172 e. The summed E-state index contributed by atoms with van der Waals surface area (Å²) in [5, 5.41) is 8.99. The summed E-state index contributed by atoms with van der Waals surface area (Å²) in [6, 6.07) is 3.30. The second-order valence-corrected chi connectivity index (χ2v) is 2.49. The first-order valence-electron chi connectivity index (χ1n) is 2.63. The minimum atomic E-state index is -0.939. The van der Waals surface area contributed by atoms with Crippen LogP contribution >= 0.6 is 15.9 Å². The van der Waals surface area contributed by atoms with Crippen molar-refractivity contribution in [2.75, 3.05) is 0 Å². The van der Waals surface area contributed by atoms with Crippen LogP contribution in [0.1, 0.15) is 11.9 Å². The molecule has 1 unspecified atom stereocenters. The molecule has 1 aromatic heterocycles. The fourth-order valence-electron chi connectivity index (χ4n) is 0.557. The zero-order valence-corrected chi connectivity index (χ0v) is 6.63. The standard InChI is InChI=1S/C7H5BrO2/c1-2-5(9)6-3-4-7(8)10-6/h1,3-5,9H. The molecule has 3 heteroatoms. The molecule has 0 saturated heterocycles. The van der Waals surface area contributed by atoms with Crippen LogP contribution in [0.5, 0.6) is 0 Å². The van der Waals surface area contributed by atoms with E-state index in [1.165, 1.54) is 0 Å². The van der Waals surface area contributed by atoms with Gasteiger partial charge in [0.2, 0.25) is 0 Å². The van der Waals surface area contributed by atoms with E-state index in [0.717, 1.165) is 0 Å². The molecule has 1 aromatic rings. The van der Waals surface area contributed by atoms with Gasteiger partial charge in [-0.3, -0.25) is 0 Å². The third kappa shape index (κ3) is 1.41. The Morgan fingerprint density at radius 1 is 1.70 bits per heavy atom. The summed E-state index contributed by atoms with van der Waals surface area (Å²) < 4.78 is 5.53. The highest BCUT2D eigenvalue weighted by Gasteiger charge is 2.06. The van der Waals surface area contributed by atoms with Gasteiger partial charge >= 0.3 is 0 Å². The Morgan fingerprint density at radius 2 is 2.40 bits per heavy atom. The summed E-state index contributed by atoms with van der Waals surface area (Å²) in [5.41, 5.74) is 0. The lowest BCUT2D eigenvalue weighted by atomic mass is 10.3. The van der Waals surface area contributed by atoms with Crippen LogP contribution < -0.4 is 0 Å².